The number of rotatable bonds is 1. The molecule has 1 amide bonds. The van der Waals surface area contributed by atoms with Crippen LogP contribution in [0, 0.1) is 0 Å². The average Bonchev–Trinajstić information content (AvgIpc) is 2.50. The van der Waals surface area contributed by atoms with Crippen LogP contribution in [0.1, 0.15) is 12.8 Å². The Bertz CT molecular complexity index is 207. The third-order valence-electron chi connectivity index (χ3n) is 1.92. The summed E-state index contributed by atoms with van der Waals surface area (Å²) in [6, 6.07) is -0.487. The highest BCUT2D eigenvalue weighted by atomic mass is 35.5. The van der Waals surface area contributed by atoms with Crippen molar-refractivity contribution in [1.29, 1.82) is 0 Å². The van der Waals surface area contributed by atoms with Crippen molar-refractivity contribution in [3.05, 3.63) is 0 Å². The average molecular weight is 192 g/mol. The summed E-state index contributed by atoms with van der Waals surface area (Å²) >= 11 is 5.29. The number of carbonyl (C=O) groups excluding carboxylic acids is 2. The third-order valence-corrected chi connectivity index (χ3v) is 2.18. The fourth-order valence-corrected chi connectivity index (χ4v) is 1.57. The van der Waals surface area contributed by atoms with Gasteiger partial charge in [0.25, 0.3) is 0 Å². The topological polar surface area (TPSA) is 46.6 Å². The first-order valence-electron chi connectivity index (χ1n) is 3.70. The van der Waals surface area contributed by atoms with Crippen molar-refractivity contribution >= 4 is 22.9 Å². The molecule has 0 N–H and O–H groups in total. The van der Waals surface area contributed by atoms with Gasteiger partial charge in [-0.1, -0.05) is 0 Å². The maximum absolute atomic E-state index is 11.0. The molecule has 5 heteroatoms. The molecule has 4 nitrogen and oxygen atoms in total. The van der Waals surface area contributed by atoms with Crippen molar-refractivity contribution < 1.29 is 14.3 Å². The van der Waals surface area contributed by atoms with Crippen LogP contribution < -0.4 is 0 Å². The van der Waals surface area contributed by atoms with E-state index in [1.54, 1.807) is 0 Å². The van der Waals surface area contributed by atoms with Gasteiger partial charge >= 0.3 is 6.09 Å². The summed E-state index contributed by atoms with van der Waals surface area (Å²) in [6.45, 7) is 0.551. The predicted molar refractivity (Wildman–Crippen MR) is 43.0 cm³/mol. The highest BCUT2D eigenvalue weighted by Crippen LogP contribution is 2.19. The number of methoxy groups -OCH3 is 1. The zero-order valence-corrected chi connectivity index (χ0v) is 7.50. The number of likely N-dealkylation sites (tertiary alicyclic amines) is 1. The highest BCUT2D eigenvalue weighted by molar-refractivity contribution is 6.64. The maximum atomic E-state index is 11.0. The van der Waals surface area contributed by atoms with E-state index in [9.17, 15) is 9.59 Å². The maximum Gasteiger partial charge on any atom is 0.410 e. The van der Waals surface area contributed by atoms with Crippen LogP contribution in [0.25, 0.3) is 0 Å². The van der Waals surface area contributed by atoms with Gasteiger partial charge in [0.2, 0.25) is 5.24 Å². The standard InChI is InChI=1S/C7H10ClNO3/c1-12-7(11)9-4-2-3-5(9)6(8)10/h5H,2-4H2,1H3. The van der Waals surface area contributed by atoms with Gasteiger partial charge in [0, 0.05) is 6.54 Å². The summed E-state index contributed by atoms with van der Waals surface area (Å²) in [5.74, 6) is 0. The van der Waals surface area contributed by atoms with Gasteiger partial charge < -0.3 is 4.74 Å². The van der Waals surface area contributed by atoms with E-state index in [0.29, 0.717) is 13.0 Å². The number of hydrogen-bond donors (Lipinski definition) is 0. The van der Waals surface area contributed by atoms with Gasteiger partial charge in [-0.05, 0) is 24.4 Å². The lowest BCUT2D eigenvalue weighted by Crippen LogP contribution is -2.38. The molecule has 1 unspecified atom stereocenters. The zero-order chi connectivity index (χ0) is 9.14. The first-order chi connectivity index (χ1) is 5.66. The van der Waals surface area contributed by atoms with Crippen molar-refractivity contribution in [3.8, 4) is 0 Å². The number of hydrogen-bond acceptors (Lipinski definition) is 3. The summed E-state index contributed by atoms with van der Waals surface area (Å²) in [6.07, 6.45) is 0.960. The van der Waals surface area contributed by atoms with Crippen LogP contribution in [0.2, 0.25) is 0 Å². The van der Waals surface area contributed by atoms with Crippen molar-refractivity contribution in [2.75, 3.05) is 13.7 Å². The van der Waals surface area contributed by atoms with Gasteiger partial charge in [0.15, 0.2) is 0 Å². The van der Waals surface area contributed by atoms with E-state index in [2.05, 4.69) is 4.74 Å². The number of carbonyl (C=O) groups is 2. The molecule has 0 aromatic rings. The Morgan fingerprint density at radius 2 is 2.25 bits per heavy atom. The Kier molecular flexibility index (Phi) is 2.92. The minimum atomic E-state index is -0.488. The Balaban J connectivity index is 2.63. The lowest BCUT2D eigenvalue weighted by molar-refractivity contribution is -0.115. The fourth-order valence-electron chi connectivity index (χ4n) is 1.34. The highest BCUT2D eigenvalue weighted by Gasteiger charge is 2.33. The molecule has 0 aromatic heterocycles. The van der Waals surface area contributed by atoms with Crippen LogP contribution in [-0.2, 0) is 9.53 Å². The number of amides is 1. The molecule has 1 heterocycles. The number of ether oxygens (including phenoxy) is 1. The smallest absolute Gasteiger partial charge is 0.410 e. The lowest BCUT2D eigenvalue weighted by atomic mass is 10.2. The van der Waals surface area contributed by atoms with Crippen LogP contribution >= 0.6 is 11.6 Å². The molecule has 0 bridgehead atoms. The fraction of sp³-hybridized carbons (Fsp3) is 0.714. The van der Waals surface area contributed by atoms with Crippen molar-refractivity contribution in [2.24, 2.45) is 0 Å². The molecule has 0 spiro atoms. The molecule has 1 atom stereocenters. The first-order valence-corrected chi connectivity index (χ1v) is 4.08. The van der Waals surface area contributed by atoms with Gasteiger partial charge in [-0.2, -0.15) is 0 Å². The molecule has 1 rings (SSSR count). The van der Waals surface area contributed by atoms with E-state index in [1.807, 2.05) is 0 Å². The summed E-state index contributed by atoms with van der Waals surface area (Å²) in [7, 11) is 1.29. The number of halogens is 1. The molecular formula is C7H10ClNO3. The van der Waals surface area contributed by atoms with Crippen LogP contribution in [0.5, 0.6) is 0 Å². The van der Waals surface area contributed by atoms with Gasteiger partial charge in [-0.3, -0.25) is 9.69 Å². The molecule has 0 radical (unpaired) electrons. The van der Waals surface area contributed by atoms with E-state index in [0.717, 1.165) is 6.42 Å². The lowest BCUT2D eigenvalue weighted by Gasteiger charge is -2.19. The van der Waals surface area contributed by atoms with E-state index < -0.39 is 17.4 Å². The Hall–Kier alpha value is -0.770. The van der Waals surface area contributed by atoms with Gasteiger partial charge in [0.05, 0.1) is 7.11 Å². The summed E-state index contributed by atoms with van der Waals surface area (Å²) in [5, 5.41) is -0.488. The molecule has 68 valence electrons. The minimum absolute atomic E-state index is 0.480. The minimum Gasteiger partial charge on any atom is -0.453 e. The second-order valence-electron chi connectivity index (χ2n) is 2.63. The normalized spacial score (nSPS) is 22.5. The first kappa shape index (κ1) is 9.32. The second kappa shape index (κ2) is 3.76. The molecule has 12 heavy (non-hydrogen) atoms. The van der Waals surface area contributed by atoms with Crippen molar-refractivity contribution in [3.63, 3.8) is 0 Å². The number of nitrogens with zero attached hydrogens (tertiary/aromatic N) is 1. The largest absolute Gasteiger partial charge is 0.453 e. The van der Waals surface area contributed by atoms with Crippen LogP contribution in [0.15, 0.2) is 0 Å². The summed E-state index contributed by atoms with van der Waals surface area (Å²) in [4.78, 5) is 23.2. The molecule has 0 aromatic carbocycles. The monoisotopic (exact) mass is 191 g/mol. The van der Waals surface area contributed by atoms with E-state index in [-0.39, 0.29) is 0 Å². The van der Waals surface area contributed by atoms with Gasteiger partial charge in [-0.15, -0.1) is 0 Å². The Morgan fingerprint density at radius 3 is 2.75 bits per heavy atom. The summed E-state index contributed by atoms with van der Waals surface area (Å²) in [5.41, 5.74) is 0. The van der Waals surface area contributed by atoms with E-state index in [4.69, 9.17) is 11.6 Å². The van der Waals surface area contributed by atoms with Crippen molar-refractivity contribution in [1.82, 2.24) is 4.90 Å². The third kappa shape index (κ3) is 1.69. The van der Waals surface area contributed by atoms with E-state index in [1.165, 1.54) is 12.0 Å². The predicted octanol–water partition coefficient (Wildman–Crippen LogP) is 0.983. The van der Waals surface area contributed by atoms with Crippen LogP contribution in [0.3, 0.4) is 0 Å². The molecule has 0 aliphatic carbocycles. The molecule has 1 saturated heterocycles. The Morgan fingerprint density at radius 1 is 1.58 bits per heavy atom. The SMILES string of the molecule is COC(=O)N1CCCC1C(=O)Cl. The van der Waals surface area contributed by atoms with Crippen LogP contribution in [-0.4, -0.2) is 35.9 Å². The van der Waals surface area contributed by atoms with E-state index >= 15 is 0 Å². The Labute approximate surface area is 75.4 Å². The van der Waals surface area contributed by atoms with Gasteiger partial charge in [0.1, 0.15) is 6.04 Å². The molecule has 1 fully saturated rings. The second-order valence-corrected chi connectivity index (χ2v) is 3.00. The van der Waals surface area contributed by atoms with Gasteiger partial charge in [-0.25, -0.2) is 4.79 Å². The zero-order valence-electron chi connectivity index (χ0n) is 6.75. The molecule has 1 aliphatic heterocycles. The quantitative estimate of drug-likeness (QED) is 0.581. The van der Waals surface area contributed by atoms with Crippen LogP contribution in [0.4, 0.5) is 4.79 Å². The van der Waals surface area contributed by atoms with Crippen molar-refractivity contribution in [2.45, 2.75) is 18.9 Å². The molecule has 0 saturated carbocycles. The molecular weight excluding hydrogens is 182 g/mol. The summed E-state index contributed by atoms with van der Waals surface area (Å²) < 4.78 is 4.49. The molecule has 1 aliphatic rings.